The molecule has 0 aliphatic carbocycles. The van der Waals surface area contributed by atoms with Gasteiger partial charge in [-0.25, -0.2) is 4.63 Å². The van der Waals surface area contributed by atoms with Gasteiger partial charge in [0, 0.05) is 12.4 Å². The first-order chi connectivity index (χ1) is 5.00. The number of H-pyrrole nitrogens is 1. The van der Waals surface area contributed by atoms with Crippen molar-refractivity contribution in [3.05, 3.63) is 36.9 Å². The molecular formula is C6H7N3O. The normalized spacial score (nSPS) is 8.00. The molecule has 2 rings (SSSR count). The zero-order valence-corrected chi connectivity index (χ0v) is 5.27. The van der Waals surface area contributed by atoms with Crippen molar-refractivity contribution in [1.29, 1.82) is 0 Å². The first-order valence-electron chi connectivity index (χ1n) is 2.79. The molecule has 0 saturated carbocycles. The van der Waals surface area contributed by atoms with Crippen LogP contribution in [0.5, 0.6) is 0 Å². The monoisotopic (exact) mass is 137 g/mol. The van der Waals surface area contributed by atoms with E-state index < -0.39 is 0 Å². The quantitative estimate of drug-likeness (QED) is 0.591. The number of hydrogen-bond acceptors (Lipinski definition) is 3. The van der Waals surface area contributed by atoms with E-state index in [0.717, 1.165) is 0 Å². The van der Waals surface area contributed by atoms with Gasteiger partial charge in [0.25, 0.3) is 0 Å². The van der Waals surface area contributed by atoms with Crippen LogP contribution in [0.3, 0.4) is 0 Å². The smallest absolute Gasteiger partial charge is 0.0913 e. The standard InChI is InChI=1S/C4H5N.C2H2N2O/c2*1-2-4-5-3-1/h1-5H;1-2H. The second kappa shape index (κ2) is 4.31. The van der Waals surface area contributed by atoms with Crippen molar-refractivity contribution in [2.75, 3.05) is 0 Å². The van der Waals surface area contributed by atoms with Gasteiger partial charge in [-0.2, -0.15) is 0 Å². The van der Waals surface area contributed by atoms with Crippen LogP contribution in [0.1, 0.15) is 0 Å². The molecule has 2 aromatic heterocycles. The third kappa shape index (κ3) is 2.66. The van der Waals surface area contributed by atoms with Crippen molar-refractivity contribution >= 4 is 0 Å². The van der Waals surface area contributed by atoms with Crippen LogP contribution >= 0.6 is 0 Å². The Morgan fingerprint density at radius 1 is 1.00 bits per heavy atom. The maximum atomic E-state index is 4.08. The van der Waals surface area contributed by atoms with E-state index in [4.69, 9.17) is 0 Å². The van der Waals surface area contributed by atoms with Gasteiger partial charge in [0.2, 0.25) is 0 Å². The molecule has 0 aromatic carbocycles. The van der Waals surface area contributed by atoms with Gasteiger partial charge in [-0.3, -0.25) is 0 Å². The molecule has 0 unspecified atom stereocenters. The first kappa shape index (κ1) is 6.54. The van der Waals surface area contributed by atoms with Crippen LogP contribution in [-0.4, -0.2) is 15.3 Å². The molecule has 1 N–H and O–H groups in total. The predicted octanol–water partition coefficient (Wildman–Crippen LogP) is 1.08. The summed E-state index contributed by atoms with van der Waals surface area (Å²) < 4.78 is 4.08. The molecule has 52 valence electrons. The lowest BCUT2D eigenvalue weighted by Gasteiger charge is -1.49. The summed E-state index contributed by atoms with van der Waals surface area (Å²) in [6.07, 6.45) is 6.69. The van der Waals surface area contributed by atoms with Gasteiger partial charge in [0.05, 0.1) is 12.4 Å². The maximum Gasteiger partial charge on any atom is 0.0913 e. The Kier molecular flexibility index (Phi) is 2.82. The van der Waals surface area contributed by atoms with Crippen LogP contribution in [0.25, 0.3) is 0 Å². The summed E-state index contributed by atoms with van der Waals surface area (Å²) in [5.41, 5.74) is 0. The fourth-order valence-electron chi connectivity index (χ4n) is 0.414. The highest BCUT2D eigenvalue weighted by molar-refractivity contribution is 4.84. The van der Waals surface area contributed by atoms with Crippen molar-refractivity contribution in [3.63, 3.8) is 0 Å². The van der Waals surface area contributed by atoms with E-state index in [9.17, 15) is 0 Å². The average molecular weight is 137 g/mol. The lowest BCUT2D eigenvalue weighted by atomic mass is 10.7. The van der Waals surface area contributed by atoms with Gasteiger partial charge in [-0.1, -0.05) is 10.3 Å². The molecule has 0 bridgehead atoms. The largest absolute Gasteiger partial charge is 0.368 e. The van der Waals surface area contributed by atoms with Gasteiger partial charge in [0.15, 0.2) is 0 Å². The zero-order chi connectivity index (χ0) is 7.07. The highest BCUT2D eigenvalue weighted by atomic mass is 16.6. The molecule has 0 aliphatic rings. The molecule has 0 aliphatic heterocycles. The number of aromatic amines is 1. The number of nitrogens with one attached hydrogen (secondary N) is 1. The van der Waals surface area contributed by atoms with E-state index in [1.54, 1.807) is 0 Å². The second-order valence-corrected chi connectivity index (χ2v) is 1.48. The number of nitrogens with zero attached hydrogens (tertiary/aromatic N) is 2. The van der Waals surface area contributed by atoms with Gasteiger partial charge in [-0.05, 0) is 12.1 Å². The van der Waals surface area contributed by atoms with E-state index in [-0.39, 0.29) is 0 Å². The van der Waals surface area contributed by atoms with Crippen molar-refractivity contribution in [2.24, 2.45) is 0 Å². The van der Waals surface area contributed by atoms with E-state index in [2.05, 4.69) is 19.9 Å². The maximum absolute atomic E-state index is 4.08. The number of aromatic nitrogens is 3. The summed E-state index contributed by atoms with van der Waals surface area (Å²) in [7, 11) is 0. The van der Waals surface area contributed by atoms with Crippen molar-refractivity contribution in [3.8, 4) is 0 Å². The lowest BCUT2D eigenvalue weighted by molar-refractivity contribution is 0.307. The number of rotatable bonds is 0. The molecule has 2 heterocycles. The van der Waals surface area contributed by atoms with Crippen LogP contribution in [0, 0.1) is 0 Å². The molecular weight excluding hydrogens is 130 g/mol. The molecule has 4 nitrogen and oxygen atoms in total. The molecule has 0 fully saturated rings. The average Bonchev–Trinajstić information content (AvgIpc) is 2.67. The van der Waals surface area contributed by atoms with E-state index in [1.165, 1.54) is 12.4 Å². The fraction of sp³-hybridized carbons (Fsp3) is 0. The minimum atomic E-state index is 1.47. The van der Waals surface area contributed by atoms with Gasteiger partial charge < -0.3 is 4.98 Å². The molecule has 10 heavy (non-hydrogen) atoms. The van der Waals surface area contributed by atoms with E-state index >= 15 is 0 Å². The SMILES string of the molecule is c1cc[nH]c1.c1cnon1. The van der Waals surface area contributed by atoms with Gasteiger partial charge >= 0.3 is 0 Å². The summed E-state index contributed by atoms with van der Waals surface area (Å²) in [6, 6.07) is 3.89. The van der Waals surface area contributed by atoms with Gasteiger partial charge in [-0.15, -0.1) is 0 Å². The molecule has 0 amide bonds. The molecule has 0 saturated heterocycles. The fourth-order valence-corrected chi connectivity index (χ4v) is 0.414. The van der Waals surface area contributed by atoms with Gasteiger partial charge in [0.1, 0.15) is 0 Å². The van der Waals surface area contributed by atoms with Crippen LogP contribution in [0.4, 0.5) is 0 Å². The third-order valence-corrected chi connectivity index (χ3v) is 0.779. The summed E-state index contributed by atoms with van der Waals surface area (Å²) >= 11 is 0. The van der Waals surface area contributed by atoms with Crippen LogP contribution in [0.2, 0.25) is 0 Å². The Labute approximate surface area is 57.8 Å². The Morgan fingerprint density at radius 2 is 1.60 bits per heavy atom. The third-order valence-electron chi connectivity index (χ3n) is 0.779. The minimum absolute atomic E-state index is 1.47. The lowest BCUT2D eigenvalue weighted by Crippen LogP contribution is -1.44. The highest BCUT2D eigenvalue weighted by Gasteiger charge is 1.61. The van der Waals surface area contributed by atoms with E-state index in [0.29, 0.717) is 0 Å². The molecule has 0 spiro atoms. The van der Waals surface area contributed by atoms with E-state index in [1.807, 2.05) is 24.5 Å². The molecule has 2 aromatic rings. The topological polar surface area (TPSA) is 54.7 Å². The van der Waals surface area contributed by atoms with Crippen molar-refractivity contribution < 1.29 is 4.63 Å². The van der Waals surface area contributed by atoms with Crippen LogP contribution in [-0.2, 0) is 0 Å². The predicted molar refractivity (Wildman–Crippen MR) is 35.1 cm³/mol. The zero-order valence-electron chi connectivity index (χ0n) is 5.27. The first-order valence-corrected chi connectivity index (χ1v) is 2.79. The Hall–Kier alpha value is -1.58. The van der Waals surface area contributed by atoms with Crippen LogP contribution < -0.4 is 0 Å². The van der Waals surface area contributed by atoms with Crippen LogP contribution in [0.15, 0.2) is 41.5 Å². The Bertz CT molecular complexity index is 152. The summed E-state index contributed by atoms with van der Waals surface area (Å²) in [4.78, 5) is 2.86. The Morgan fingerprint density at radius 3 is 1.80 bits per heavy atom. The summed E-state index contributed by atoms with van der Waals surface area (Å²) in [5.74, 6) is 0. The number of hydrogen-bond donors (Lipinski definition) is 1. The molecule has 0 radical (unpaired) electrons. The summed E-state index contributed by atoms with van der Waals surface area (Å²) in [6.45, 7) is 0. The van der Waals surface area contributed by atoms with Crippen molar-refractivity contribution in [1.82, 2.24) is 15.3 Å². The summed E-state index contributed by atoms with van der Waals surface area (Å²) in [5, 5.41) is 6.47. The molecule has 0 atom stereocenters. The molecule has 4 heteroatoms. The highest BCUT2D eigenvalue weighted by Crippen LogP contribution is 1.72. The minimum Gasteiger partial charge on any atom is -0.368 e. The second-order valence-electron chi connectivity index (χ2n) is 1.48. The van der Waals surface area contributed by atoms with Crippen molar-refractivity contribution in [2.45, 2.75) is 0 Å². The Balaban J connectivity index is 0.0000001000.